The predicted molar refractivity (Wildman–Crippen MR) is 58.3 cm³/mol. The Hall–Kier alpha value is -1.66. The summed E-state index contributed by atoms with van der Waals surface area (Å²) in [5.74, 6) is 0.00349. The van der Waals surface area contributed by atoms with Gasteiger partial charge >= 0.3 is 0 Å². The zero-order chi connectivity index (χ0) is 12.1. The number of hydrogen-bond donors (Lipinski definition) is 4. The first-order valence-corrected chi connectivity index (χ1v) is 4.82. The van der Waals surface area contributed by atoms with Crippen molar-refractivity contribution in [1.82, 2.24) is 10.3 Å². The van der Waals surface area contributed by atoms with Gasteiger partial charge in [-0.15, -0.1) is 0 Å². The van der Waals surface area contributed by atoms with Gasteiger partial charge in [-0.1, -0.05) is 0 Å². The van der Waals surface area contributed by atoms with E-state index in [0.717, 1.165) is 0 Å². The molecule has 2 unspecified atom stereocenters. The second kappa shape index (κ2) is 5.43. The van der Waals surface area contributed by atoms with Gasteiger partial charge in [0.05, 0.1) is 0 Å². The molecule has 6 heteroatoms. The van der Waals surface area contributed by atoms with Gasteiger partial charge in [0.15, 0.2) is 0 Å². The standard InChI is InChI=1S/C10H15N3O3/c1-6(14)13-5-8(15)10(16)7-2-3-12-9(11)4-7/h2-4,8,10,15-16H,5H2,1H3,(H2,11,12)(H,13,14). The molecule has 0 radical (unpaired) electrons. The molecule has 6 nitrogen and oxygen atoms in total. The van der Waals surface area contributed by atoms with Gasteiger partial charge in [0.25, 0.3) is 0 Å². The zero-order valence-electron chi connectivity index (χ0n) is 8.92. The van der Waals surface area contributed by atoms with Crippen LogP contribution < -0.4 is 11.1 Å². The molecule has 0 fully saturated rings. The van der Waals surface area contributed by atoms with Crippen molar-refractivity contribution in [2.45, 2.75) is 19.1 Å². The fourth-order valence-electron chi connectivity index (χ4n) is 1.23. The second-order valence-electron chi connectivity index (χ2n) is 3.46. The highest BCUT2D eigenvalue weighted by Gasteiger charge is 2.18. The maximum atomic E-state index is 10.6. The fourth-order valence-corrected chi connectivity index (χ4v) is 1.23. The molecule has 1 heterocycles. The monoisotopic (exact) mass is 225 g/mol. The first-order valence-electron chi connectivity index (χ1n) is 4.82. The summed E-state index contributed by atoms with van der Waals surface area (Å²) in [6, 6.07) is 3.03. The summed E-state index contributed by atoms with van der Waals surface area (Å²) >= 11 is 0. The minimum Gasteiger partial charge on any atom is -0.388 e. The summed E-state index contributed by atoms with van der Waals surface area (Å²) in [7, 11) is 0. The number of nitrogens with zero attached hydrogens (tertiary/aromatic N) is 1. The van der Waals surface area contributed by atoms with Crippen LogP contribution in [0.2, 0.25) is 0 Å². The number of hydrogen-bond acceptors (Lipinski definition) is 5. The Labute approximate surface area is 93.1 Å². The Balaban J connectivity index is 2.62. The molecule has 5 N–H and O–H groups in total. The molecule has 0 bridgehead atoms. The molecule has 0 aliphatic carbocycles. The number of aliphatic hydroxyl groups is 2. The Bertz CT molecular complexity index is 370. The molecule has 0 aliphatic heterocycles. The van der Waals surface area contributed by atoms with E-state index in [1.807, 2.05) is 0 Å². The first-order chi connectivity index (χ1) is 7.50. The molecule has 88 valence electrons. The molecule has 0 aromatic carbocycles. The summed E-state index contributed by atoms with van der Waals surface area (Å²) < 4.78 is 0. The van der Waals surface area contributed by atoms with E-state index in [-0.39, 0.29) is 18.3 Å². The van der Waals surface area contributed by atoms with Crippen LogP contribution in [0.3, 0.4) is 0 Å². The highest BCUT2D eigenvalue weighted by molar-refractivity contribution is 5.72. The van der Waals surface area contributed by atoms with Gasteiger partial charge in [-0.25, -0.2) is 4.98 Å². The molecule has 0 saturated carbocycles. The average Bonchev–Trinajstić information content (AvgIpc) is 2.24. The molecule has 0 aliphatic rings. The third kappa shape index (κ3) is 3.48. The lowest BCUT2D eigenvalue weighted by atomic mass is 10.1. The maximum Gasteiger partial charge on any atom is 0.216 e. The van der Waals surface area contributed by atoms with Gasteiger partial charge in [0, 0.05) is 19.7 Å². The van der Waals surface area contributed by atoms with Gasteiger partial charge in [-0.3, -0.25) is 4.79 Å². The molecule has 0 saturated heterocycles. The molecule has 1 rings (SSSR count). The van der Waals surface area contributed by atoms with Crippen molar-refractivity contribution in [3.8, 4) is 0 Å². The van der Waals surface area contributed by atoms with Crippen LogP contribution >= 0.6 is 0 Å². The molecule has 0 spiro atoms. The predicted octanol–water partition coefficient (Wildman–Crippen LogP) is -0.806. The summed E-state index contributed by atoms with van der Waals surface area (Å²) in [5.41, 5.74) is 5.91. The van der Waals surface area contributed by atoms with Crippen LogP contribution in [-0.4, -0.2) is 33.8 Å². The van der Waals surface area contributed by atoms with Crippen molar-refractivity contribution in [2.75, 3.05) is 12.3 Å². The van der Waals surface area contributed by atoms with Crippen LogP contribution in [0.15, 0.2) is 18.3 Å². The van der Waals surface area contributed by atoms with Crippen LogP contribution in [0.4, 0.5) is 5.82 Å². The average molecular weight is 225 g/mol. The van der Waals surface area contributed by atoms with Crippen molar-refractivity contribution in [3.05, 3.63) is 23.9 Å². The van der Waals surface area contributed by atoms with Gasteiger partial charge < -0.3 is 21.3 Å². The molecular weight excluding hydrogens is 210 g/mol. The molecule has 2 atom stereocenters. The third-order valence-corrected chi connectivity index (χ3v) is 2.07. The molecule has 1 aromatic heterocycles. The lowest BCUT2D eigenvalue weighted by Crippen LogP contribution is -2.34. The lowest BCUT2D eigenvalue weighted by molar-refractivity contribution is -0.119. The van der Waals surface area contributed by atoms with Crippen molar-refractivity contribution < 1.29 is 15.0 Å². The molecule has 1 aromatic rings. The van der Waals surface area contributed by atoms with Crippen molar-refractivity contribution >= 4 is 11.7 Å². The number of anilines is 1. The summed E-state index contributed by atoms with van der Waals surface area (Å²) in [6.45, 7) is 1.32. The van der Waals surface area contributed by atoms with Crippen LogP contribution in [-0.2, 0) is 4.79 Å². The minimum absolute atomic E-state index is 0.0152. The highest BCUT2D eigenvalue weighted by Crippen LogP contribution is 2.17. The fraction of sp³-hybridized carbons (Fsp3) is 0.400. The largest absolute Gasteiger partial charge is 0.388 e. The van der Waals surface area contributed by atoms with Crippen LogP contribution in [0.5, 0.6) is 0 Å². The van der Waals surface area contributed by atoms with Gasteiger partial charge in [0.1, 0.15) is 18.0 Å². The van der Waals surface area contributed by atoms with Crippen molar-refractivity contribution in [1.29, 1.82) is 0 Å². The lowest BCUT2D eigenvalue weighted by Gasteiger charge is -2.18. The number of carbonyl (C=O) groups excluding carboxylic acids is 1. The summed E-state index contributed by atoms with van der Waals surface area (Å²) in [6.07, 6.45) is -0.734. The van der Waals surface area contributed by atoms with E-state index in [0.29, 0.717) is 5.56 Å². The highest BCUT2D eigenvalue weighted by atomic mass is 16.3. The van der Waals surface area contributed by atoms with Crippen LogP contribution in [0, 0.1) is 0 Å². The molecule has 1 amide bonds. The minimum atomic E-state index is -1.10. The Morgan fingerprint density at radius 1 is 1.62 bits per heavy atom. The normalized spacial score (nSPS) is 14.2. The quantitative estimate of drug-likeness (QED) is 0.536. The number of nitrogen functional groups attached to an aromatic ring is 1. The van der Waals surface area contributed by atoms with Gasteiger partial charge in [-0.2, -0.15) is 0 Å². The molecular formula is C10H15N3O3. The number of nitrogens with one attached hydrogen (secondary N) is 1. The van der Waals surface area contributed by atoms with Crippen LogP contribution in [0.25, 0.3) is 0 Å². The van der Waals surface area contributed by atoms with E-state index in [2.05, 4.69) is 10.3 Å². The topological polar surface area (TPSA) is 108 Å². The van der Waals surface area contributed by atoms with E-state index in [1.165, 1.54) is 19.2 Å². The SMILES string of the molecule is CC(=O)NCC(O)C(O)c1ccnc(N)c1. The number of pyridine rings is 1. The number of aliphatic hydroxyl groups excluding tert-OH is 2. The number of aromatic nitrogens is 1. The van der Waals surface area contributed by atoms with Crippen molar-refractivity contribution in [2.24, 2.45) is 0 Å². The zero-order valence-corrected chi connectivity index (χ0v) is 8.92. The first kappa shape index (κ1) is 12.4. The van der Waals surface area contributed by atoms with E-state index in [4.69, 9.17) is 5.73 Å². The number of rotatable bonds is 4. The van der Waals surface area contributed by atoms with E-state index in [1.54, 1.807) is 6.07 Å². The van der Waals surface area contributed by atoms with Crippen LogP contribution in [0.1, 0.15) is 18.6 Å². The Morgan fingerprint density at radius 2 is 2.31 bits per heavy atom. The van der Waals surface area contributed by atoms with E-state index >= 15 is 0 Å². The van der Waals surface area contributed by atoms with E-state index in [9.17, 15) is 15.0 Å². The van der Waals surface area contributed by atoms with Gasteiger partial charge in [0.2, 0.25) is 5.91 Å². The number of nitrogens with two attached hydrogens (primary N) is 1. The second-order valence-corrected chi connectivity index (χ2v) is 3.46. The third-order valence-electron chi connectivity index (χ3n) is 2.07. The smallest absolute Gasteiger partial charge is 0.216 e. The van der Waals surface area contributed by atoms with Gasteiger partial charge in [-0.05, 0) is 17.7 Å². The maximum absolute atomic E-state index is 10.6. The Kier molecular flexibility index (Phi) is 4.21. The number of amides is 1. The van der Waals surface area contributed by atoms with E-state index < -0.39 is 12.2 Å². The Morgan fingerprint density at radius 3 is 2.88 bits per heavy atom. The number of carbonyl (C=O) groups is 1. The summed E-state index contributed by atoms with van der Waals surface area (Å²) in [4.78, 5) is 14.4. The summed E-state index contributed by atoms with van der Waals surface area (Å²) in [5, 5.41) is 21.7. The molecule has 16 heavy (non-hydrogen) atoms. The van der Waals surface area contributed by atoms with Crippen molar-refractivity contribution in [3.63, 3.8) is 0 Å².